The number of hydrogen-bond acceptors (Lipinski definition) is 5. The monoisotopic (exact) mass is 451 g/mol. The van der Waals surface area contributed by atoms with E-state index in [-0.39, 0.29) is 11.3 Å². The second-order valence-electron chi connectivity index (χ2n) is 7.88. The molecule has 1 saturated heterocycles. The van der Waals surface area contributed by atoms with E-state index in [0.29, 0.717) is 29.3 Å². The zero-order valence-electron chi connectivity index (χ0n) is 17.5. The Balaban J connectivity index is 1.50. The van der Waals surface area contributed by atoms with Crippen LogP contribution in [0.15, 0.2) is 54.6 Å². The molecule has 0 amide bonds. The molecule has 7 nitrogen and oxygen atoms in total. The topological polar surface area (TPSA) is 76.8 Å². The van der Waals surface area contributed by atoms with Gasteiger partial charge in [-0.1, -0.05) is 29.8 Å². The first-order valence-electron chi connectivity index (χ1n) is 10.4. The number of benzene rings is 2. The highest BCUT2D eigenvalue weighted by atomic mass is 35.5. The molecule has 1 N–H and O–H groups in total. The van der Waals surface area contributed by atoms with Crippen LogP contribution < -0.4 is 4.74 Å². The summed E-state index contributed by atoms with van der Waals surface area (Å²) in [5.74, 6) is 0.676. The molecule has 1 aliphatic rings. The Morgan fingerprint density at radius 1 is 1.19 bits per heavy atom. The number of halogens is 1. The lowest BCUT2D eigenvalue weighted by atomic mass is 10.1. The number of likely N-dealkylation sites (tertiary alicyclic amines) is 1. The van der Waals surface area contributed by atoms with E-state index in [1.165, 1.54) is 4.57 Å². The highest BCUT2D eigenvalue weighted by Crippen LogP contribution is 2.35. The van der Waals surface area contributed by atoms with E-state index < -0.39 is 6.09 Å². The third kappa shape index (κ3) is 3.79. The summed E-state index contributed by atoms with van der Waals surface area (Å²) in [7, 11) is 1.73. The zero-order valence-corrected chi connectivity index (χ0v) is 18.2. The Bertz CT molecular complexity index is 1320. The lowest BCUT2D eigenvalue weighted by Gasteiger charge is -2.16. The average Bonchev–Trinajstić information content (AvgIpc) is 3.41. The van der Waals surface area contributed by atoms with Crippen LogP contribution in [0.4, 0.5) is 4.79 Å². The summed E-state index contributed by atoms with van der Waals surface area (Å²) < 4.78 is 12.6. The Morgan fingerprint density at radius 3 is 2.81 bits per heavy atom. The first-order valence-corrected chi connectivity index (χ1v) is 10.7. The fraction of sp³-hybridized carbons (Fsp3) is 0.250. The number of para-hydroxylation sites is 1. The minimum Gasteiger partial charge on any atom is -0.478 e. The maximum Gasteiger partial charge on any atom is 0.416 e. The van der Waals surface area contributed by atoms with Crippen molar-refractivity contribution in [3.8, 4) is 17.0 Å². The molecule has 3 heterocycles. The number of nitrogens with zero attached hydrogens (tertiary/aromatic N) is 3. The Labute approximate surface area is 189 Å². The number of ether oxygens (including phenoxy) is 2. The van der Waals surface area contributed by atoms with Gasteiger partial charge in [0.15, 0.2) is 0 Å². The Hall–Kier alpha value is -3.13. The molecular weight excluding hydrogens is 430 g/mol. The standard InChI is InChI=1S/C24H22ClN3O4/c1-31-18-8-9-27(13-18)14-32-17-6-7-21-16(10-17)12-22(28(21)24(29)30)19-11-15-4-2-3-5-20(15)26-23(19)25/h2-7,10-12,18H,8-9,13-14H2,1H3,(H,29,30). The van der Waals surface area contributed by atoms with Gasteiger partial charge < -0.3 is 14.6 Å². The number of carboxylic acid groups (broad SMARTS) is 1. The van der Waals surface area contributed by atoms with E-state index in [1.807, 2.05) is 42.5 Å². The van der Waals surface area contributed by atoms with Crippen molar-refractivity contribution in [1.82, 2.24) is 14.5 Å². The highest BCUT2D eigenvalue weighted by molar-refractivity contribution is 6.32. The van der Waals surface area contributed by atoms with Gasteiger partial charge in [0, 0.05) is 36.5 Å². The molecule has 8 heteroatoms. The second kappa shape index (κ2) is 8.43. The number of hydrogen-bond donors (Lipinski definition) is 1. The molecule has 0 spiro atoms. The van der Waals surface area contributed by atoms with Gasteiger partial charge in [-0.05, 0) is 42.8 Å². The van der Waals surface area contributed by atoms with Crippen LogP contribution in [0.5, 0.6) is 5.75 Å². The van der Waals surface area contributed by atoms with Crippen LogP contribution in [0, 0.1) is 0 Å². The number of carbonyl (C=O) groups is 1. The summed E-state index contributed by atoms with van der Waals surface area (Å²) in [5.41, 5.74) is 2.35. The fourth-order valence-corrected chi connectivity index (χ4v) is 4.47. The van der Waals surface area contributed by atoms with Gasteiger partial charge in [0.25, 0.3) is 0 Å². The molecule has 1 unspecified atom stereocenters. The van der Waals surface area contributed by atoms with Gasteiger partial charge in [-0.2, -0.15) is 0 Å². The van der Waals surface area contributed by atoms with Crippen LogP contribution >= 0.6 is 11.6 Å². The molecule has 164 valence electrons. The zero-order chi connectivity index (χ0) is 22.2. The number of methoxy groups -OCH3 is 1. The fourth-order valence-electron chi connectivity index (χ4n) is 4.23. The quantitative estimate of drug-likeness (QED) is 0.426. The molecule has 32 heavy (non-hydrogen) atoms. The summed E-state index contributed by atoms with van der Waals surface area (Å²) in [5, 5.41) is 11.8. The van der Waals surface area contributed by atoms with Crippen LogP contribution in [0.1, 0.15) is 6.42 Å². The van der Waals surface area contributed by atoms with Gasteiger partial charge in [0.1, 0.15) is 17.6 Å². The van der Waals surface area contributed by atoms with Crippen LogP contribution in [-0.2, 0) is 4.74 Å². The number of aromatic nitrogens is 2. The number of fused-ring (bicyclic) bond motifs is 2. The molecule has 1 fully saturated rings. The average molecular weight is 452 g/mol. The molecule has 0 radical (unpaired) electrons. The molecule has 5 rings (SSSR count). The summed E-state index contributed by atoms with van der Waals surface area (Å²) in [6, 6.07) is 16.7. The van der Waals surface area contributed by atoms with Crippen LogP contribution in [0.25, 0.3) is 33.1 Å². The molecule has 2 aromatic heterocycles. The summed E-state index contributed by atoms with van der Waals surface area (Å²) in [4.78, 5) is 18.8. The predicted octanol–water partition coefficient (Wildman–Crippen LogP) is 5.09. The van der Waals surface area contributed by atoms with Gasteiger partial charge in [-0.25, -0.2) is 14.3 Å². The van der Waals surface area contributed by atoms with Crippen molar-refractivity contribution in [1.29, 1.82) is 0 Å². The van der Waals surface area contributed by atoms with E-state index in [2.05, 4.69) is 9.88 Å². The maximum absolute atomic E-state index is 12.1. The molecular formula is C24H22ClN3O4. The Kier molecular flexibility index (Phi) is 5.46. The summed E-state index contributed by atoms with van der Waals surface area (Å²) in [6.07, 6.45) is 0.147. The lowest BCUT2D eigenvalue weighted by Crippen LogP contribution is -2.27. The van der Waals surface area contributed by atoms with Gasteiger partial charge in [0.05, 0.1) is 22.8 Å². The first kappa shape index (κ1) is 20.8. The molecule has 1 aliphatic heterocycles. The van der Waals surface area contributed by atoms with Crippen molar-refractivity contribution in [2.75, 3.05) is 26.9 Å². The van der Waals surface area contributed by atoms with Gasteiger partial charge in [-0.3, -0.25) is 4.90 Å². The van der Waals surface area contributed by atoms with E-state index >= 15 is 0 Å². The summed E-state index contributed by atoms with van der Waals surface area (Å²) in [6.45, 7) is 2.22. The lowest BCUT2D eigenvalue weighted by molar-refractivity contribution is 0.0892. The maximum atomic E-state index is 12.1. The van der Waals surface area contributed by atoms with Crippen LogP contribution in [-0.4, -0.2) is 58.7 Å². The van der Waals surface area contributed by atoms with Crippen molar-refractivity contribution < 1.29 is 19.4 Å². The second-order valence-corrected chi connectivity index (χ2v) is 8.24. The minimum atomic E-state index is -1.09. The van der Waals surface area contributed by atoms with Crippen molar-refractivity contribution in [3.63, 3.8) is 0 Å². The van der Waals surface area contributed by atoms with E-state index in [9.17, 15) is 9.90 Å². The third-order valence-corrected chi connectivity index (χ3v) is 6.18. The number of rotatable bonds is 5. The van der Waals surface area contributed by atoms with Crippen molar-refractivity contribution in [2.24, 2.45) is 0 Å². The predicted molar refractivity (Wildman–Crippen MR) is 124 cm³/mol. The molecule has 0 saturated carbocycles. The first-order chi connectivity index (χ1) is 15.5. The SMILES string of the molecule is COC1CCN(COc2ccc3c(c2)cc(-c2cc4ccccc4nc2Cl)n3C(=O)O)C1. The molecule has 1 atom stereocenters. The van der Waals surface area contributed by atoms with Gasteiger partial charge in [0.2, 0.25) is 0 Å². The van der Waals surface area contributed by atoms with Gasteiger partial charge >= 0.3 is 6.09 Å². The number of pyridine rings is 1. The third-order valence-electron chi connectivity index (χ3n) is 5.89. The Morgan fingerprint density at radius 2 is 2.03 bits per heavy atom. The normalized spacial score (nSPS) is 16.8. The van der Waals surface area contributed by atoms with E-state index in [4.69, 9.17) is 21.1 Å². The van der Waals surface area contributed by atoms with Crippen LogP contribution in [0.2, 0.25) is 5.15 Å². The smallest absolute Gasteiger partial charge is 0.416 e. The molecule has 2 aromatic carbocycles. The molecule has 0 aliphatic carbocycles. The summed E-state index contributed by atoms with van der Waals surface area (Å²) >= 11 is 6.46. The molecule has 4 aromatic rings. The van der Waals surface area contributed by atoms with Gasteiger partial charge in [-0.15, -0.1) is 0 Å². The van der Waals surface area contributed by atoms with Crippen molar-refractivity contribution >= 4 is 39.5 Å². The van der Waals surface area contributed by atoms with E-state index in [1.54, 1.807) is 19.2 Å². The minimum absolute atomic E-state index is 0.244. The highest BCUT2D eigenvalue weighted by Gasteiger charge is 2.23. The molecule has 0 bridgehead atoms. The van der Waals surface area contributed by atoms with Crippen molar-refractivity contribution in [3.05, 3.63) is 59.8 Å². The largest absolute Gasteiger partial charge is 0.478 e. The van der Waals surface area contributed by atoms with E-state index in [0.717, 1.165) is 35.8 Å². The van der Waals surface area contributed by atoms with Crippen molar-refractivity contribution in [2.45, 2.75) is 12.5 Å². The van der Waals surface area contributed by atoms with Crippen LogP contribution in [0.3, 0.4) is 0 Å².